The van der Waals surface area contributed by atoms with Gasteiger partial charge in [-0.2, -0.15) is 0 Å². The Kier molecular flexibility index (Phi) is 4.17. The van der Waals surface area contributed by atoms with Gasteiger partial charge in [-0.1, -0.05) is 57.2 Å². The third kappa shape index (κ3) is 3.31. The number of carboxylic acid groups (broad SMARTS) is 1. The van der Waals surface area contributed by atoms with Crippen molar-refractivity contribution in [1.82, 2.24) is 9.97 Å². The van der Waals surface area contributed by atoms with Crippen molar-refractivity contribution in [3.63, 3.8) is 0 Å². The quantitative estimate of drug-likeness (QED) is 0.711. The second kappa shape index (κ2) is 6.16. The smallest absolute Gasteiger partial charge is 0.373 e. The minimum absolute atomic E-state index is 0.201. The molecule has 1 heterocycles. The predicted octanol–water partition coefficient (Wildman–Crippen LogP) is 3.80. The summed E-state index contributed by atoms with van der Waals surface area (Å²) in [4.78, 5) is 19.8. The van der Waals surface area contributed by atoms with Crippen LogP contribution in [0.1, 0.15) is 48.2 Å². The van der Waals surface area contributed by atoms with Crippen LogP contribution in [0, 0.1) is 0 Å². The van der Waals surface area contributed by atoms with E-state index < -0.39 is 5.97 Å². The summed E-state index contributed by atoms with van der Waals surface area (Å²) < 4.78 is 0. The average Bonchev–Trinajstić information content (AvgIpc) is 2.56. The fourth-order valence-electron chi connectivity index (χ4n) is 2.90. The number of aromatic nitrogens is 2. The fraction of sp³-hybridized carbons (Fsp3) is 0.250. The van der Waals surface area contributed by atoms with E-state index in [2.05, 4.69) is 22.1 Å². The van der Waals surface area contributed by atoms with Crippen LogP contribution in [-0.4, -0.2) is 21.0 Å². The van der Waals surface area contributed by atoms with Gasteiger partial charge in [-0.3, -0.25) is 0 Å². The summed E-state index contributed by atoms with van der Waals surface area (Å²) >= 11 is 0. The number of carboxylic acids is 1. The Hall–Kier alpha value is -2.95. The number of carbonyl (C=O) groups is 1. The van der Waals surface area contributed by atoms with Crippen LogP contribution in [-0.2, 0) is 11.8 Å². The number of rotatable bonds is 3. The van der Waals surface area contributed by atoms with Crippen LogP contribution >= 0.6 is 0 Å². The number of benzene rings is 2. The van der Waals surface area contributed by atoms with Gasteiger partial charge in [0.25, 0.3) is 0 Å². The Morgan fingerprint density at radius 2 is 1.76 bits per heavy atom. The summed E-state index contributed by atoms with van der Waals surface area (Å²) in [5.41, 5.74) is 10.1. The molecule has 3 rings (SSSR count). The van der Waals surface area contributed by atoms with E-state index in [9.17, 15) is 9.90 Å². The summed E-state index contributed by atoms with van der Waals surface area (Å²) in [6.07, 6.45) is 0.701. The van der Waals surface area contributed by atoms with Gasteiger partial charge in [0.05, 0.1) is 11.2 Å². The van der Waals surface area contributed by atoms with Crippen LogP contribution in [0.25, 0.3) is 10.9 Å². The second-order valence-electron chi connectivity index (χ2n) is 7.15. The van der Waals surface area contributed by atoms with E-state index in [4.69, 9.17) is 5.73 Å². The summed E-state index contributed by atoms with van der Waals surface area (Å²) in [7, 11) is 0. The van der Waals surface area contributed by atoms with Gasteiger partial charge < -0.3 is 10.8 Å². The van der Waals surface area contributed by atoms with Gasteiger partial charge in [-0.25, -0.2) is 14.8 Å². The standard InChI is InChI=1S/C20H21N3O2/c1-20(2,3)17-15-14(22-18(23-17)19(24)25)10-9-13(16(15)21)11-12-7-5-4-6-8-12/h4-10H,11,21H2,1-3H3,(H,24,25). The number of nitrogens with zero attached hydrogens (tertiary/aromatic N) is 2. The maximum absolute atomic E-state index is 11.4. The van der Waals surface area contributed by atoms with Crippen molar-refractivity contribution in [2.24, 2.45) is 0 Å². The van der Waals surface area contributed by atoms with Gasteiger partial charge >= 0.3 is 5.97 Å². The van der Waals surface area contributed by atoms with Gasteiger partial charge in [-0.05, 0) is 23.6 Å². The lowest BCUT2D eigenvalue weighted by Crippen LogP contribution is -2.19. The highest BCUT2D eigenvalue weighted by molar-refractivity contribution is 5.97. The first kappa shape index (κ1) is 16.9. The molecule has 0 radical (unpaired) electrons. The van der Waals surface area contributed by atoms with Crippen LogP contribution < -0.4 is 5.73 Å². The first-order valence-corrected chi connectivity index (χ1v) is 8.14. The number of aromatic carboxylic acids is 1. The second-order valence-corrected chi connectivity index (χ2v) is 7.15. The SMILES string of the molecule is CC(C)(C)c1nc(C(=O)O)nc2ccc(Cc3ccccc3)c(N)c12. The van der Waals surface area contributed by atoms with Gasteiger partial charge in [0.2, 0.25) is 5.82 Å². The highest BCUT2D eigenvalue weighted by Gasteiger charge is 2.24. The van der Waals surface area contributed by atoms with Crippen molar-refractivity contribution in [2.75, 3.05) is 5.73 Å². The van der Waals surface area contributed by atoms with E-state index in [1.807, 2.05) is 51.1 Å². The van der Waals surface area contributed by atoms with Crippen molar-refractivity contribution in [2.45, 2.75) is 32.6 Å². The van der Waals surface area contributed by atoms with Crippen molar-refractivity contribution in [3.8, 4) is 0 Å². The first-order chi connectivity index (χ1) is 11.8. The van der Waals surface area contributed by atoms with Crippen molar-refractivity contribution >= 4 is 22.6 Å². The molecule has 0 aliphatic carbocycles. The number of nitrogen functional groups attached to an aromatic ring is 1. The fourth-order valence-corrected chi connectivity index (χ4v) is 2.90. The molecule has 5 nitrogen and oxygen atoms in total. The molecule has 128 valence electrons. The lowest BCUT2D eigenvalue weighted by molar-refractivity contribution is 0.0683. The molecule has 2 aromatic carbocycles. The predicted molar refractivity (Wildman–Crippen MR) is 98.9 cm³/mol. The molecule has 0 saturated carbocycles. The van der Waals surface area contributed by atoms with Crippen molar-refractivity contribution < 1.29 is 9.90 Å². The summed E-state index contributed by atoms with van der Waals surface area (Å²) in [5.74, 6) is -1.34. The summed E-state index contributed by atoms with van der Waals surface area (Å²) in [6.45, 7) is 5.97. The molecule has 25 heavy (non-hydrogen) atoms. The zero-order valence-electron chi connectivity index (χ0n) is 14.6. The molecule has 1 aromatic heterocycles. The zero-order valence-corrected chi connectivity index (χ0v) is 14.6. The maximum Gasteiger partial charge on any atom is 0.373 e. The highest BCUT2D eigenvalue weighted by atomic mass is 16.4. The van der Waals surface area contributed by atoms with Gasteiger partial charge in [0, 0.05) is 16.5 Å². The Morgan fingerprint density at radius 1 is 1.08 bits per heavy atom. The van der Waals surface area contributed by atoms with Crippen LogP contribution in [0.2, 0.25) is 0 Å². The van der Waals surface area contributed by atoms with E-state index in [0.29, 0.717) is 23.3 Å². The monoisotopic (exact) mass is 335 g/mol. The normalized spacial score (nSPS) is 11.6. The summed E-state index contributed by atoms with van der Waals surface area (Å²) in [6, 6.07) is 13.8. The third-order valence-electron chi connectivity index (χ3n) is 4.13. The van der Waals surface area contributed by atoms with Crippen LogP contribution in [0.15, 0.2) is 42.5 Å². The van der Waals surface area contributed by atoms with E-state index in [1.54, 1.807) is 0 Å². The molecule has 3 aromatic rings. The summed E-state index contributed by atoms with van der Waals surface area (Å²) in [5, 5.41) is 10.0. The Balaban J connectivity index is 2.23. The lowest BCUT2D eigenvalue weighted by Gasteiger charge is -2.22. The van der Waals surface area contributed by atoms with Crippen LogP contribution in [0.3, 0.4) is 0 Å². The molecule has 3 N–H and O–H groups in total. The zero-order chi connectivity index (χ0) is 18.2. The molecule has 0 saturated heterocycles. The molecule has 0 aliphatic heterocycles. The largest absolute Gasteiger partial charge is 0.475 e. The van der Waals surface area contributed by atoms with Crippen LogP contribution in [0.4, 0.5) is 5.69 Å². The number of anilines is 1. The Bertz CT molecular complexity index is 945. The minimum atomic E-state index is -1.14. The molecule has 0 aliphatic rings. The molecule has 0 atom stereocenters. The molecule has 0 fully saturated rings. The molecule has 0 spiro atoms. The third-order valence-corrected chi connectivity index (χ3v) is 4.13. The van der Waals surface area contributed by atoms with Gasteiger partial charge in [0.15, 0.2) is 0 Å². The molecular weight excluding hydrogens is 314 g/mol. The van der Waals surface area contributed by atoms with Gasteiger partial charge in [-0.15, -0.1) is 0 Å². The van der Waals surface area contributed by atoms with E-state index in [-0.39, 0.29) is 11.2 Å². The Labute approximate surface area is 146 Å². The number of fused-ring (bicyclic) bond motifs is 1. The van der Waals surface area contributed by atoms with Crippen LogP contribution in [0.5, 0.6) is 0 Å². The number of hydrogen-bond donors (Lipinski definition) is 2. The first-order valence-electron chi connectivity index (χ1n) is 8.14. The lowest BCUT2D eigenvalue weighted by atomic mass is 9.87. The van der Waals surface area contributed by atoms with E-state index in [1.165, 1.54) is 0 Å². The van der Waals surface area contributed by atoms with Gasteiger partial charge in [0.1, 0.15) is 0 Å². The Morgan fingerprint density at radius 3 is 2.36 bits per heavy atom. The van der Waals surface area contributed by atoms with Crippen molar-refractivity contribution in [3.05, 3.63) is 65.1 Å². The molecule has 5 heteroatoms. The van der Waals surface area contributed by atoms with E-state index >= 15 is 0 Å². The minimum Gasteiger partial charge on any atom is -0.475 e. The topological polar surface area (TPSA) is 89.1 Å². The maximum atomic E-state index is 11.4. The highest BCUT2D eigenvalue weighted by Crippen LogP contribution is 2.34. The molecule has 0 amide bonds. The average molecular weight is 335 g/mol. The number of nitrogens with two attached hydrogens (primary N) is 1. The van der Waals surface area contributed by atoms with Crippen molar-refractivity contribution in [1.29, 1.82) is 0 Å². The molecule has 0 bridgehead atoms. The molecule has 0 unspecified atom stereocenters. The van der Waals surface area contributed by atoms with E-state index in [0.717, 1.165) is 16.5 Å². The number of hydrogen-bond acceptors (Lipinski definition) is 4. The molecular formula is C20H21N3O2.